The molecule has 0 aliphatic heterocycles. The third-order valence-corrected chi connectivity index (χ3v) is 4.42. The highest BCUT2D eigenvalue weighted by Gasteiger charge is 2.15. The van der Waals surface area contributed by atoms with Crippen molar-refractivity contribution in [1.29, 1.82) is 0 Å². The Kier molecular flexibility index (Phi) is 5.30. The summed E-state index contributed by atoms with van der Waals surface area (Å²) in [5, 5.41) is 7.65. The van der Waals surface area contributed by atoms with Crippen LogP contribution in [0.4, 0.5) is 5.69 Å². The Hall–Kier alpha value is -2.05. The Morgan fingerprint density at radius 1 is 1.20 bits per heavy atom. The maximum absolute atomic E-state index is 6.28. The maximum Gasteiger partial charge on any atom is 0.259 e. The minimum atomic E-state index is 0.0538. The van der Waals surface area contributed by atoms with Crippen LogP contribution in [-0.2, 0) is 0 Å². The molecule has 130 valence electrons. The first-order valence-electron chi connectivity index (χ1n) is 7.76. The van der Waals surface area contributed by atoms with Crippen molar-refractivity contribution in [2.24, 2.45) is 0 Å². The van der Waals surface area contributed by atoms with Gasteiger partial charge in [-0.3, -0.25) is 0 Å². The third-order valence-electron chi connectivity index (χ3n) is 3.47. The molecule has 0 fully saturated rings. The van der Waals surface area contributed by atoms with Crippen LogP contribution in [0.25, 0.3) is 22.8 Å². The standard InChI is InChI=1S/C18H17BrClN3O2/c1-10(2)24-16-7-4-11(8-15(16)20)17-22-18(25-23-17)13-6-5-12(21-3)9-14(13)19/h4-10,21H,1-3H3. The molecular weight excluding hydrogens is 406 g/mol. The fourth-order valence-electron chi connectivity index (χ4n) is 2.28. The molecule has 3 rings (SSSR count). The van der Waals surface area contributed by atoms with Crippen molar-refractivity contribution in [3.8, 4) is 28.6 Å². The van der Waals surface area contributed by atoms with Gasteiger partial charge in [-0.15, -0.1) is 0 Å². The zero-order valence-corrected chi connectivity index (χ0v) is 16.4. The van der Waals surface area contributed by atoms with Gasteiger partial charge in [-0.1, -0.05) is 16.8 Å². The van der Waals surface area contributed by atoms with Gasteiger partial charge in [-0.05, 0) is 66.2 Å². The lowest BCUT2D eigenvalue weighted by Crippen LogP contribution is -2.05. The topological polar surface area (TPSA) is 60.2 Å². The predicted octanol–water partition coefficient (Wildman–Crippen LogP) is 5.65. The fraction of sp³-hybridized carbons (Fsp3) is 0.222. The van der Waals surface area contributed by atoms with Crippen LogP contribution < -0.4 is 10.1 Å². The van der Waals surface area contributed by atoms with Crippen molar-refractivity contribution in [3.05, 3.63) is 45.9 Å². The van der Waals surface area contributed by atoms with Crippen LogP contribution in [0.2, 0.25) is 5.02 Å². The molecule has 0 amide bonds. The van der Waals surface area contributed by atoms with E-state index in [1.54, 1.807) is 6.07 Å². The SMILES string of the molecule is CNc1ccc(-c2nc(-c3ccc(OC(C)C)c(Cl)c3)no2)c(Br)c1. The van der Waals surface area contributed by atoms with E-state index in [0.717, 1.165) is 21.3 Å². The zero-order valence-electron chi connectivity index (χ0n) is 14.0. The van der Waals surface area contributed by atoms with Crippen LogP contribution in [0.3, 0.4) is 0 Å². The fourth-order valence-corrected chi connectivity index (χ4v) is 3.06. The molecule has 1 heterocycles. The van der Waals surface area contributed by atoms with Crippen LogP contribution in [0.1, 0.15) is 13.8 Å². The van der Waals surface area contributed by atoms with Gasteiger partial charge in [0.15, 0.2) is 0 Å². The van der Waals surface area contributed by atoms with Crippen molar-refractivity contribution in [3.63, 3.8) is 0 Å². The van der Waals surface area contributed by atoms with Crippen molar-refractivity contribution < 1.29 is 9.26 Å². The monoisotopic (exact) mass is 421 g/mol. The number of nitrogens with one attached hydrogen (secondary N) is 1. The van der Waals surface area contributed by atoms with Gasteiger partial charge in [-0.25, -0.2) is 0 Å². The largest absolute Gasteiger partial charge is 0.489 e. The number of rotatable bonds is 5. The first-order valence-corrected chi connectivity index (χ1v) is 8.93. The van der Waals surface area contributed by atoms with E-state index < -0.39 is 0 Å². The zero-order chi connectivity index (χ0) is 18.0. The van der Waals surface area contributed by atoms with E-state index in [1.165, 1.54) is 0 Å². The van der Waals surface area contributed by atoms with Crippen molar-refractivity contribution in [1.82, 2.24) is 10.1 Å². The van der Waals surface area contributed by atoms with E-state index in [0.29, 0.717) is 22.5 Å². The van der Waals surface area contributed by atoms with E-state index in [-0.39, 0.29) is 6.10 Å². The first-order chi connectivity index (χ1) is 12.0. The van der Waals surface area contributed by atoms with Crippen molar-refractivity contribution in [2.75, 3.05) is 12.4 Å². The summed E-state index contributed by atoms with van der Waals surface area (Å²) in [6.07, 6.45) is 0.0538. The van der Waals surface area contributed by atoms with Crippen molar-refractivity contribution >= 4 is 33.2 Å². The Labute approximate surface area is 159 Å². The summed E-state index contributed by atoms with van der Waals surface area (Å²) in [6, 6.07) is 11.3. The van der Waals surface area contributed by atoms with Crippen LogP contribution in [0.5, 0.6) is 5.75 Å². The minimum absolute atomic E-state index is 0.0538. The molecule has 0 spiro atoms. The Morgan fingerprint density at radius 2 is 2.00 bits per heavy atom. The summed E-state index contributed by atoms with van der Waals surface area (Å²) < 4.78 is 11.9. The number of halogens is 2. The summed E-state index contributed by atoms with van der Waals surface area (Å²) >= 11 is 9.81. The summed E-state index contributed by atoms with van der Waals surface area (Å²) in [4.78, 5) is 4.47. The van der Waals surface area contributed by atoms with Crippen LogP contribution in [0.15, 0.2) is 45.4 Å². The molecule has 25 heavy (non-hydrogen) atoms. The predicted molar refractivity (Wildman–Crippen MR) is 103 cm³/mol. The summed E-state index contributed by atoms with van der Waals surface area (Å²) in [6.45, 7) is 3.90. The molecule has 1 N–H and O–H groups in total. The highest BCUT2D eigenvalue weighted by Crippen LogP contribution is 2.33. The van der Waals surface area contributed by atoms with Gasteiger partial charge in [0.25, 0.3) is 5.89 Å². The molecule has 0 bridgehead atoms. The molecule has 0 atom stereocenters. The molecule has 3 aromatic rings. The van der Waals surface area contributed by atoms with E-state index in [2.05, 4.69) is 31.4 Å². The molecule has 0 saturated heterocycles. The lowest BCUT2D eigenvalue weighted by Gasteiger charge is -2.11. The second-order valence-electron chi connectivity index (χ2n) is 5.68. The third kappa shape index (κ3) is 3.96. The number of hydrogen-bond donors (Lipinski definition) is 1. The average Bonchev–Trinajstić information content (AvgIpc) is 3.06. The number of ether oxygens (including phenoxy) is 1. The van der Waals surface area contributed by atoms with Gasteiger partial charge in [0.1, 0.15) is 5.75 Å². The highest BCUT2D eigenvalue weighted by molar-refractivity contribution is 9.10. The number of aromatic nitrogens is 2. The Bertz CT molecular complexity index is 896. The normalized spacial score (nSPS) is 11.0. The average molecular weight is 423 g/mol. The summed E-state index contributed by atoms with van der Waals surface area (Å²) in [7, 11) is 1.86. The maximum atomic E-state index is 6.28. The minimum Gasteiger partial charge on any atom is -0.489 e. The second-order valence-corrected chi connectivity index (χ2v) is 6.94. The molecule has 5 nitrogen and oxygen atoms in total. The molecule has 0 radical (unpaired) electrons. The van der Waals surface area contributed by atoms with Gasteiger partial charge in [0.2, 0.25) is 5.82 Å². The quantitative estimate of drug-likeness (QED) is 0.576. The first kappa shape index (κ1) is 17.8. The molecule has 0 unspecified atom stereocenters. The molecular formula is C18H17BrClN3O2. The lowest BCUT2D eigenvalue weighted by atomic mass is 10.2. The molecule has 0 aliphatic rings. The van der Waals surface area contributed by atoms with E-state index in [1.807, 2.05) is 51.2 Å². The van der Waals surface area contributed by atoms with Gasteiger partial charge in [0.05, 0.1) is 16.7 Å². The van der Waals surface area contributed by atoms with Gasteiger partial charge >= 0.3 is 0 Å². The van der Waals surface area contributed by atoms with Gasteiger partial charge in [0, 0.05) is 22.8 Å². The molecule has 7 heteroatoms. The van der Waals surface area contributed by atoms with E-state index in [4.69, 9.17) is 20.9 Å². The molecule has 0 aliphatic carbocycles. The summed E-state index contributed by atoms with van der Waals surface area (Å²) in [5.41, 5.74) is 2.57. The van der Waals surface area contributed by atoms with Crippen LogP contribution >= 0.6 is 27.5 Å². The molecule has 2 aromatic carbocycles. The van der Waals surface area contributed by atoms with Gasteiger partial charge in [-0.2, -0.15) is 4.98 Å². The number of anilines is 1. The molecule has 0 saturated carbocycles. The lowest BCUT2D eigenvalue weighted by molar-refractivity contribution is 0.242. The second kappa shape index (κ2) is 7.45. The smallest absolute Gasteiger partial charge is 0.259 e. The number of benzene rings is 2. The van der Waals surface area contributed by atoms with E-state index in [9.17, 15) is 0 Å². The van der Waals surface area contributed by atoms with E-state index >= 15 is 0 Å². The Morgan fingerprint density at radius 3 is 2.64 bits per heavy atom. The van der Waals surface area contributed by atoms with Crippen LogP contribution in [0, 0.1) is 0 Å². The summed E-state index contributed by atoms with van der Waals surface area (Å²) in [5.74, 6) is 1.54. The number of hydrogen-bond acceptors (Lipinski definition) is 5. The van der Waals surface area contributed by atoms with Gasteiger partial charge < -0.3 is 14.6 Å². The van der Waals surface area contributed by atoms with Crippen molar-refractivity contribution in [2.45, 2.75) is 20.0 Å². The number of nitrogens with zero attached hydrogens (tertiary/aromatic N) is 2. The van der Waals surface area contributed by atoms with Crippen LogP contribution in [-0.4, -0.2) is 23.3 Å². The highest BCUT2D eigenvalue weighted by atomic mass is 79.9. The molecule has 1 aromatic heterocycles. The Balaban J connectivity index is 1.90.